The smallest absolute Gasteiger partial charge is 0.419 e. The minimum atomic E-state index is -0.287. The van der Waals surface area contributed by atoms with E-state index in [1.54, 1.807) is 4.57 Å². The molecule has 0 saturated heterocycles. The summed E-state index contributed by atoms with van der Waals surface area (Å²) in [5, 5.41) is 1.13. The van der Waals surface area contributed by atoms with Crippen LogP contribution < -0.4 is 5.76 Å². The highest BCUT2D eigenvalue weighted by Crippen LogP contribution is 2.27. The second-order valence-corrected chi connectivity index (χ2v) is 6.83. The topological polar surface area (TPSA) is 51.5 Å². The molecule has 0 saturated carbocycles. The van der Waals surface area contributed by atoms with Gasteiger partial charge in [0, 0.05) is 18.5 Å². The van der Waals surface area contributed by atoms with Crippen molar-refractivity contribution in [1.82, 2.24) is 9.47 Å². The molecular formula is C22H24N2O3. The summed E-state index contributed by atoms with van der Waals surface area (Å²) in [5.41, 5.74) is 2.42. The molecule has 4 rings (SSSR count). The molecule has 4 aromatic rings. The first-order valence-corrected chi connectivity index (χ1v) is 9.48. The summed E-state index contributed by atoms with van der Waals surface area (Å²) in [6.07, 6.45) is 0.863. The average molecular weight is 364 g/mol. The van der Waals surface area contributed by atoms with Crippen molar-refractivity contribution in [3.63, 3.8) is 0 Å². The number of nitrogens with zero attached hydrogens (tertiary/aromatic N) is 2. The largest absolute Gasteiger partial charge is 0.459 e. The predicted molar refractivity (Wildman–Crippen MR) is 107 cm³/mol. The van der Waals surface area contributed by atoms with Crippen molar-refractivity contribution in [3.8, 4) is 0 Å². The quantitative estimate of drug-likeness (QED) is 0.472. The van der Waals surface area contributed by atoms with Crippen molar-refractivity contribution in [2.24, 2.45) is 0 Å². The molecule has 0 aliphatic carbocycles. The Balaban J connectivity index is 1.45. The normalized spacial score (nSPS) is 13.0. The van der Waals surface area contributed by atoms with Crippen LogP contribution in [0, 0.1) is 0 Å². The number of rotatable bonds is 7. The molecule has 0 radical (unpaired) electrons. The Morgan fingerprint density at radius 2 is 1.78 bits per heavy atom. The van der Waals surface area contributed by atoms with Crippen molar-refractivity contribution >= 4 is 22.1 Å². The minimum absolute atomic E-state index is 0.181. The molecule has 1 atom stereocenters. The van der Waals surface area contributed by atoms with Crippen LogP contribution in [0.1, 0.15) is 32.1 Å². The highest BCUT2D eigenvalue weighted by Gasteiger charge is 2.18. The number of benzene rings is 2. The van der Waals surface area contributed by atoms with E-state index in [9.17, 15) is 4.79 Å². The van der Waals surface area contributed by atoms with Crippen LogP contribution in [0.5, 0.6) is 0 Å². The van der Waals surface area contributed by atoms with Gasteiger partial charge >= 0.3 is 5.76 Å². The number of fused-ring (bicyclic) bond motifs is 2. The Bertz CT molecular complexity index is 1070. The molecule has 0 amide bonds. The molecule has 27 heavy (non-hydrogen) atoms. The number of furan rings is 1. The zero-order valence-electron chi connectivity index (χ0n) is 15.7. The molecule has 5 heteroatoms. The van der Waals surface area contributed by atoms with Crippen molar-refractivity contribution in [2.75, 3.05) is 13.1 Å². The SMILES string of the molecule is CCN(CCCn1c(=O)oc2ccccc21)C(C)c1cc2ccccc2o1. The van der Waals surface area contributed by atoms with Crippen LogP contribution in [0.4, 0.5) is 0 Å². The zero-order chi connectivity index (χ0) is 18.8. The lowest BCUT2D eigenvalue weighted by molar-refractivity contribution is 0.194. The molecule has 0 bridgehead atoms. The molecule has 2 aromatic heterocycles. The van der Waals surface area contributed by atoms with E-state index in [-0.39, 0.29) is 11.8 Å². The lowest BCUT2D eigenvalue weighted by Gasteiger charge is -2.26. The van der Waals surface area contributed by atoms with Gasteiger partial charge in [-0.05, 0) is 44.2 Å². The van der Waals surface area contributed by atoms with Gasteiger partial charge in [0.2, 0.25) is 0 Å². The summed E-state index contributed by atoms with van der Waals surface area (Å²) in [6, 6.07) is 17.9. The third-order valence-corrected chi connectivity index (χ3v) is 5.21. The Morgan fingerprint density at radius 1 is 1.04 bits per heavy atom. The van der Waals surface area contributed by atoms with E-state index < -0.39 is 0 Å². The van der Waals surface area contributed by atoms with Gasteiger partial charge in [-0.1, -0.05) is 37.3 Å². The van der Waals surface area contributed by atoms with E-state index in [1.807, 2.05) is 42.5 Å². The molecule has 0 aliphatic rings. The van der Waals surface area contributed by atoms with Gasteiger partial charge in [-0.2, -0.15) is 0 Å². The molecule has 0 N–H and O–H groups in total. The summed E-state index contributed by atoms with van der Waals surface area (Å²) >= 11 is 0. The molecule has 2 heterocycles. The Labute approximate surface area is 157 Å². The standard InChI is InChI=1S/C22H24N2O3/c1-3-23(16(2)21-15-17-9-4-6-11-19(17)26-21)13-8-14-24-18-10-5-7-12-20(18)27-22(24)25/h4-7,9-12,15-16H,3,8,13-14H2,1-2H3. The fourth-order valence-corrected chi connectivity index (χ4v) is 3.67. The van der Waals surface area contributed by atoms with Crippen molar-refractivity contribution in [1.29, 1.82) is 0 Å². The van der Waals surface area contributed by atoms with Gasteiger partial charge in [0.15, 0.2) is 5.58 Å². The van der Waals surface area contributed by atoms with E-state index in [1.165, 1.54) is 0 Å². The number of hydrogen-bond acceptors (Lipinski definition) is 4. The van der Waals surface area contributed by atoms with Gasteiger partial charge in [0.05, 0.1) is 11.6 Å². The molecule has 0 fully saturated rings. The molecular weight excluding hydrogens is 340 g/mol. The van der Waals surface area contributed by atoms with Crippen LogP contribution in [-0.2, 0) is 6.54 Å². The summed E-state index contributed by atoms with van der Waals surface area (Å²) in [5.74, 6) is 0.688. The number of aromatic nitrogens is 1. The molecule has 140 valence electrons. The average Bonchev–Trinajstić information content (AvgIpc) is 3.25. The minimum Gasteiger partial charge on any atom is -0.459 e. The van der Waals surface area contributed by atoms with Gasteiger partial charge < -0.3 is 8.83 Å². The predicted octanol–water partition coefficient (Wildman–Crippen LogP) is 4.81. The van der Waals surface area contributed by atoms with Crippen LogP contribution in [0.2, 0.25) is 0 Å². The Kier molecular flexibility index (Phi) is 4.86. The van der Waals surface area contributed by atoms with Crippen LogP contribution in [0.3, 0.4) is 0 Å². The molecule has 0 aliphatic heterocycles. The summed E-state index contributed by atoms with van der Waals surface area (Å²) in [7, 11) is 0. The maximum atomic E-state index is 12.1. The lowest BCUT2D eigenvalue weighted by Crippen LogP contribution is -2.29. The fraction of sp³-hybridized carbons (Fsp3) is 0.318. The van der Waals surface area contributed by atoms with Crippen LogP contribution in [0.15, 0.2) is 68.2 Å². The van der Waals surface area contributed by atoms with Crippen molar-refractivity contribution < 1.29 is 8.83 Å². The molecule has 0 spiro atoms. The zero-order valence-corrected chi connectivity index (χ0v) is 15.7. The molecule has 1 unspecified atom stereocenters. The van der Waals surface area contributed by atoms with E-state index in [0.29, 0.717) is 12.1 Å². The van der Waals surface area contributed by atoms with Crippen LogP contribution in [-0.4, -0.2) is 22.6 Å². The van der Waals surface area contributed by atoms with Gasteiger partial charge in [-0.15, -0.1) is 0 Å². The first-order chi connectivity index (χ1) is 13.2. The summed E-state index contributed by atoms with van der Waals surface area (Å²) in [6.45, 7) is 6.75. The Morgan fingerprint density at radius 3 is 2.56 bits per heavy atom. The van der Waals surface area contributed by atoms with E-state index >= 15 is 0 Å². The van der Waals surface area contributed by atoms with Crippen molar-refractivity contribution in [2.45, 2.75) is 32.9 Å². The first kappa shape index (κ1) is 17.6. The second kappa shape index (κ2) is 7.45. The van der Waals surface area contributed by atoms with E-state index in [2.05, 4.69) is 30.9 Å². The highest BCUT2D eigenvalue weighted by atomic mass is 16.4. The van der Waals surface area contributed by atoms with E-state index in [4.69, 9.17) is 8.83 Å². The summed E-state index contributed by atoms with van der Waals surface area (Å²) in [4.78, 5) is 14.5. The summed E-state index contributed by atoms with van der Waals surface area (Å²) < 4.78 is 13.1. The maximum absolute atomic E-state index is 12.1. The van der Waals surface area contributed by atoms with Gasteiger partial charge in [-0.25, -0.2) is 4.79 Å². The van der Waals surface area contributed by atoms with Crippen LogP contribution >= 0.6 is 0 Å². The van der Waals surface area contributed by atoms with Gasteiger partial charge in [-0.3, -0.25) is 9.47 Å². The Hall–Kier alpha value is -2.79. The van der Waals surface area contributed by atoms with E-state index in [0.717, 1.165) is 41.8 Å². The fourth-order valence-electron chi connectivity index (χ4n) is 3.67. The van der Waals surface area contributed by atoms with Gasteiger partial charge in [0.1, 0.15) is 11.3 Å². The molecule has 2 aromatic carbocycles. The highest BCUT2D eigenvalue weighted by molar-refractivity contribution is 5.77. The monoisotopic (exact) mass is 364 g/mol. The lowest BCUT2D eigenvalue weighted by atomic mass is 10.2. The number of aryl methyl sites for hydroxylation is 1. The molecule has 5 nitrogen and oxygen atoms in total. The van der Waals surface area contributed by atoms with Crippen LogP contribution in [0.25, 0.3) is 22.1 Å². The van der Waals surface area contributed by atoms with Gasteiger partial charge in [0.25, 0.3) is 0 Å². The number of para-hydroxylation sites is 3. The second-order valence-electron chi connectivity index (χ2n) is 6.83. The first-order valence-electron chi connectivity index (χ1n) is 9.48. The number of oxazole rings is 1. The maximum Gasteiger partial charge on any atom is 0.419 e. The number of hydrogen-bond donors (Lipinski definition) is 0. The van der Waals surface area contributed by atoms with Crippen molar-refractivity contribution in [3.05, 3.63) is 70.9 Å². The third-order valence-electron chi connectivity index (χ3n) is 5.21. The third kappa shape index (κ3) is 3.43.